The van der Waals surface area contributed by atoms with Gasteiger partial charge in [0.05, 0.1) is 24.6 Å². The Labute approximate surface area is 151 Å². The smallest absolute Gasteiger partial charge is 0.281 e. The fourth-order valence-electron chi connectivity index (χ4n) is 3.42. The average molecular weight is 348 g/mol. The van der Waals surface area contributed by atoms with Crippen molar-refractivity contribution in [1.82, 2.24) is 9.55 Å². The minimum Gasteiger partial charge on any atom is -0.493 e. The van der Waals surface area contributed by atoms with E-state index >= 15 is 0 Å². The first-order chi connectivity index (χ1) is 12.7. The Bertz CT molecular complexity index is 1070. The largest absolute Gasteiger partial charge is 0.493 e. The van der Waals surface area contributed by atoms with Crippen molar-refractivity contribution in [3.05, 3.63) is 64.2 Å². The summed E-state index contributed by atoms with van der Waals surface area (Å²) in [6.07, 6.45) is 2.91. The van der Waals surface area contributed by atoms with Gasteiger partial charge in [-0.25, -0.2) is 0 Å². The van der Waals surface area contributed by atoms with Gasteiger partial charge in [0.15, 0.2) is 11.5 Å². The van der Waals surface area contributed by atoms with Crippen LogP contribution < -0.4 is 15.0 Å². The highest BCUT2D eigenvalue weighted by Gasteiger charge is 2.20. The molecule has 2 aromatic carbocycles. The van der Waals surface area contributed by atoms with Crippen molar-refractivity contribution in [2.45, 2.75) is 19.9 Å². The molecule has 1 aliphatic heterocycles. The summed E-state index contributed by atoms with van der Waals surface area (Å²) in [5.41, 5.74) is 2.81. The van der Waals surface area contributed by atoms with E-state index in [4.69, 9.17) is 9.47 Å². The lowest BCUT2D eigenvalue weighted by Gasteiger charge is -2.10. The maximum absolute atomic E-state index is 12.4. The summed E-state index contributed by atoms with van der Waals surface area (Å²) >= 11 is 0. The molecule has 0 radical (unpaired) electrons. The Hall–Kier alpha value is -3.08. The van der Waals surface area contributed by atoms with Gasteiger partial charge in [0.2, 0.25) is 0 Å². The minimum absolute atomic E-state index is 0.177. The lowest BCUT2D eigenvalue weighted by Crippen LogP contribution is -2.14. The molecule has 5 nitrogen and oxygen atoms in total. The number of rotatable bonds is 4. The molecule has 5 heteroatoms. The average Bonchev–Trinajstić information content (AvgIpc) is 3.06. The SMILES string of the molecule is CCOc1ccc(/C=C2\CCn3c2nc(=O)c2ccccc23)cc1OC. The molecule has 0 bridgehead atoms. The molecule has 0 amide bonds. The summed E-state index contributed by atoms with van der Waals surface area (Å²) < 4.78 is 13.1. The van der Waals surface area contributed by atoms with E-state index in [-0.39, 0.29) is 5.56 Å². The van der Waals surface area contributed by atoms with E-state index in [2.05, 4.69) is 15.6 Å². The van der Waals surface area contributed by atoms with E-state index in [0.29, 0.717) is 17.7 Å². The van der Waals surface area contributed by atoms with Crippen LogP contribution in [0.2, 0.25) is 0 Å². The molecule has 0 spiro atoms. The summed E-state index contributed by atoms with van der Waals surface area (Å²) in [5, 5.41) is 0.667. The van der Waals surface area contributed by atoms with E-state index in [1.165, 1.54) is 0 Å². The van der Waals surface area contributed by atoms with Crippen LogP contribution in [-0.4, -0.2) is 23.3 Å². The van der Waals surface area contributed by atoms with Gasteiger partial charge in [-0.3, -0.25) is 4.79 Å². The highest BCUT2D eigenvalue weighted by Crippen LogP contribution is 2.32. The summed E-state index contributed by atoms with van der Waals surface area (Å²) in [4.78, 5) is 16.7. The van der Waals surface area contributed by atoms with Gasteiger partial charge in [-0.15, -0.1) is 0 Å². The van der Waals surface area contributed by atoms with Crippen LogP contribution in [0.5, 0.6) is 11.5 Å². The second-order valence-corrected chi connectivity index (χ2v) is 6.17. The van der Waals surface area contributed by atoms with Gasteiger partial charge in [-0.05, 0) is 54.8 Å². The third-order valence-electron chi connectivity index (χ3n) is 4.61. The number of ether oxygens (including phenoxy) is 2. The summed E-state index contributed by atoms with van der Waals surface area (Å²) in [6.45, 7) is 3.35. The molecule has 0 unspecified atom stereocenters. The van der Waals surface area contributed by atoms with Crippen LogP contribution in [0.4, 0.5) is 0 Å². The molecule has 0 atom stereocenters. The van der Waals surface area contributed by atoms with Crippen LogP contribution >= 0.6 is 0 Å². The summed E-state index contributed by atoms with van der Waals surface area (Å²) in [5.74, 6) is 2.17. The van der Waals surface area contributed by atoms with Gasteiger partial charge >= 0.3 is 0 Å². The number of methoxy groups -OCH3 is 1. The van der Waals surface area contributed by atoms with Gasteiger partial charge in [-0.1, -0.05) is 18.2 Å². The molecule has 3 aromatic rings. The van der Waals surface area contributed by atoms with Crippen LogP contribution in [0.15, 0.2) is 47.3 Å². The van der Waals surface area contributed by atoms with E-state index in [1.54, 1.807) is 7.11 Å². The number of para-hydroxylation sites is 1. The normalized spacial score (nSPS) is 14.6. The van der Waals surface area contributed by atoms with E-state index < -0.39 is 0 Å². The molecule has 4 rings (SSSR count). The number of hydrogen-bond acceptors (Lipinski definition) is 4. The van der Waals surface area contributed by atoms with Crippen LogP contribution in [-0.2, 0) is 6.54 Å². The molecule has 0 fully saturated rings. The highest BCUT2D eigenvalue weighted by atomic mass is 16.5. The van der Waals surface area contributed by atoms with Crippen molar-refractivity contribution in [2.24, 2.45) is 0 Å². The molecule has 0 saturated carbocycles. The first-order valence-corrected chi connectivity index (χ1v) is 8.72. The number of benzene rings is 2. The lowest BCUT2D eigenvalue weighted by atomic mass is 10.1. The van der Waals surface area contributed by atoms with E-state index in [1.807, 2.05) is 49.4 Å². The van der Waals surface area contributed by atoms with Gasteiger partial charge in [0.1, 0.15) is 5.82 Å². The second-order valence-electron chi connectivity index (χ2n) is 6.17. The Morgan fingerprint density at radius 3 is 2.85 bits per heavy atom. The molecule has 0 saturated heterocycles. The summed E-state index contributed by atoms with van der Waals surface area (Å²) in [7, 11) is 1.63. The monoisotopic (exact) mass is 348 g/mol. The molecular formula is C21H20N2O3. The van der Waals surface area contributed by atoms with E-state index in [9.17, 15) is 4.79 Å². The Kier molecular flexibility index (Phi) is 4.21. The molecule has 132 valence electrons. The van der Waals surface area contributed by atoms with Crippen molar-refractivity contribution >= 4 is 22.6 Å². The van der Waals surface area contributed by atoms with Gasteiger partial charge < -0.3 is 14.0 Å². The zero-order valence-corrected chi connectivity index (χ0v) is 14.9. The predicted molar refractivity (Wildman–Crippen MR) is 103 cm³/mol. The molecule has 1 aliphatic rings. The van der Waals surface area contributed by atoms with Crippen molar-refractivity contribution in [1.29, 1.82) is 0 Å². The number of aromatic nitrogens is 2. The van der Waals surface area contributed by atoms with Crippen molar-refractivity contribution in [3.8, 4) is 11.5 Å². The Morgan fingerprint density at radius 2 is 2.04 bits per heavy atom. The van der Waals surface area contributed by atoms with Crippen LogP contribution in [0, 0.1) is 0 Å². The third-order valence-corrected chi connectivity index (χ3v) is 4.61. The van der Waals surface area contributed by atoms with Crippen molar-refractivity contribution in [3.63, 3.8) is 0 Å². The molecule has 0 N–H and O–H groups in total. The maximum atomic E-state index is 12.4. The highest BCUT2D eigenvalue weighted by molar-refractivity contribution is 5.85. The first-order valence-electron chi connectivity index (χ1n) is 8.72. The second kappa shape index (κ2) is 6.67. The predicted octanol–water partition coefficient (Wildman–Crippen LogP) is 3.75. The fraction of sp³-hybridized carbons (Fsp3) is 0.238. The van der Waals surface area contributed by atoms with Crippen LogP contribution in [0.25, 0.3) is 22.6 Å². The van der Waals surface area contributed by atoms with Gasteiger partial charge in [0, 0.05) is 6.54 Å². The van der Waals surface area contributed by atoms with Crippen LogP contribution in [0.3, 0.4) is 0 Å². The molecule has 26 heavy (non-hydrogen) atoms. The molecule has 2 heterocycles. The zero-order chi connectivity index (χ0) is 18.1. The fourth-order valence-corrected chi connectivity index (χ4v) is 3.42. The molecular weight excluding hydrogens is 328 g/mol. The zero-order valence-electron chi connectivity index (χ0n) is 14.9. The number of allylic oxidation sites excluding steroid dienone is 1. The number of fused-ring (bicyclic) bond motifs is 3. The van der Waals surface area contributed by atoms with Gasteiger partial charge in [0.25, 0.3) is 5.56 Å². The minimum atomic E-state index is -0.177. The standard InChI is InChI=1S/C21H20N2O3/c1-3-26-18-9-8-14(13-19(18)25-2)12-15-10-11-23-17-7-5-4-6-16(17)21(24)22-20(15)23/h4-9,12-13H,3,10-11H2,1-2H3/b15-12+. The first kappa shape index (κ1) is 16.4. The molecule has 1 aromatic heterocycles. The van der Waals surface area contributed by atoms with Crippen molar-refractivity contribution in [2.75, 3.05) is 13.7 Å². The van der Waals surface area contributed by atoms with Crippen LogP contribution in [0.1, 0.15) is 24.7 Å². The lowest BCUT2D eigenvalue weighted by molar-refractivity contribution is 0.311. The molecule has 0 aliphatic carbocycles. The number of aryl methyl sites for hydroxylation is 1. The maximum Gasteiger partial charge on any atom is 0.281 e. The number of hydrogen-bond donors (Lipinski definition) is 0. The van der Waals surface area contributed by atoms with E-state index in [0.717, 1.165) is 41.2 Å². The quantitative estimate of drug-likeness (QED) is 0.721. The summed E-state index contributed by atoms with van der Waals surface area (Å²) in [6, 6.07) is 13.5. The number of nitrogens with zero attached hydrogens (tertiary/aromatic N) is 2. The topological polar surface area (TPSA) is 53.4 Å². The van der Waals surface area contributed by atoms with Gasteiger partial charge in [-0.2, -0.15) is 4.98 Å². The third kappa shape index (κ3) is 2.75. The van der Waals surface area contributed by atoms with Crippen molar-refractivity contribution < 1.29 is 9.47 Å². The Balaban J connectivity index is 1.79. The Morgan fingerprint density at radius 1 is 1.19 bits per heavy atom.